The first-order valence-electron chi connectivity index (χ1n) is 11.9. The van der Waals surface area contributed by atoms with Crippen LogP contribution in [0, 0.1) is 10.8 Å². The number of hydrogen-bond acceptors (Lipinski definition) is 8. The van der Waals surface area contributed by atoms with E-state index < -0.39 is 0 Å². The van der Waals surface area contributed by atoms with Crippen molar-refractivity contribution in [1.82, 2.24) is 14.9 Å². The molecular weight excluding hydrogens is 428 g/mol. The lowest BCUT2D eigenvalue weighted by atomic mass is 9.96. The van der Waals surface area contributed by atoms with Gasteiger partial charge in [0.2, 0.25) is 0 Å². The van der Waals surface area contributed by atoms with Crippen LogP contribution in [0.1, 0.15) is 32.6 Å². The number of rotatable bonds is 10. The van der Waals surface area contributed by atoms with E-state index >= 15 is 0 Å². The minimum atomic E-state index is -0.194. The molecule has 1 fully saturated rings. The molecule has 178 valence electrons. The fraction of sp³-hybridized carbons (Fsp3) is 0.385. The fourth-order valence-corrected chi connectivity index (χ4v) is 4.39. The van der Waals surface area contributed by atoms with Crippen LogP contribution in [-0.2, 0) is 0 Å². The minimum absolute atomic E-state index is 0.194. The van der Waals surface area contributed by atoms with Gasteiger partial charge in [0.15, 0.2) is 0 Å². The third-order valence-corrected chi connectivity index (χ3v) is 6.30. The molecular formula is C26H32N6O2. The van der Waals surface area contributed by atoms with Crippen molar-refractivity contribution in [3.8, 4) is 22.6 Å². The molecule has 8 heteroatoms. The van der Waals surface area contributed by atoms with E-state index in [0.717, 1.165) is 73.8 Å². The second kappa shape index (κ2) is 11.6. The summed E-state index contributed by atoms with van der Waals surface area (Å²) in [5.74, 6) is 3.19. The van der Waals surface area contributed by atoms with Crippen molar-refractivity contribution >= 4 is 11.6 Å². The van der Waals surface area contributed by atoms with Gasteiger partial charge in [0.25, 0.3) is 0 Å². The molecule has 0 bridgehead atoms. The summed E-state index contributed by atoms with van der Waals surface area (Å²) in [5, 5.41) is 6.82. The number of nitrogens with zero attached hydrogens (tertiary/aromatic N) is 4. The van der Waals surface area contributed by atoms with Crippen LogP contribution in [0.15, 0.2) is 66.1 Å². The van der Waals surface area contributed by atoms with E-state index in [4.69, 9.17) is 10.5 Å². The normalized spacial score (nSPS) is 15.6. The van der Waals surface area contributed by atoms with Crippen LogP contribution in [-0.4, -0.2) is 40.7 Å². The zero-order chi connectivity index (χ0) is 23.8. The molecule has 3 N–H and O–H groups in total. The van der Waals surface area contributed by atoms with Gasteiger partial charge in [-0.05, 0) is 55.0 Å². The molecule has 1 saturated heterocycles. The second-order valence-electron chi connectivity index (χ2n) is 8.66. The molecule has 1 unspecified atom stereocenters. The summed E-state index contributed by atoms with van der Waals surface area (Å²) in [7, 11) is 0. The van der Waals surface area contributed by atoms with Gasteiger partial charge in [-0.15, -0.1) is 4.91 Å². The van der Waals surface area contributed by atoms with Gasteiger partial charge in [-0.2, -0.15) is 0 Å². The Morgan fingerprint density at radius 1 is 1.09 bits per heavy atom. The van der Waals surface area contributed by atoms with E-state index in [1.807, 2.05) is 54.6 Å². The van der Waals surface area contributed by atoms with Crippen LogP contribution in [0.5, 0.6) is 11.5 Å². The third kappa shape index (κ3) is 5.88. The maximum absolute atomic E-state index is 11.2. The molecule has 34 heavy (non-hydrogen) atoms. The highest BCUT2D eigenvalue weighted by Crippen LogP contribution is 2.33. The first kappa shape index (κ1) is 23.6. The lowest BCUT2D eigenvalue weighted by Crippen LogP contribution is -2.41. The molecule has 0 aliphatic carbocycles. The number of nitrogens with two attached hydrogens (primary N) is 1. The molecule has 0 radical (unpaired) electrons. The van der Waals surface area contributed by atoms with Gasteiger partial charge in [0, 0.05) is 19.6 Å². The maximum Gasteiger partial charge on any atom is 0.144 e. The molecule has 2 aromatic carbocycles. The van der Waals surface area contributed by atoms with E-state index in [9.17, 15) is 4.91 Å². The summed E-state index contributed by atoms with van der Waals surface area (Å²) in [6.07, 6.45) is 5.12. The van der Waals surface area contributed by atoms with Gasteiger partial charge >= 0.3 is 0 Å². The van der Waals surface area contributed by atoms with Crippen molar-refractivity contribution in [3.05, 3.63) is 65.8 Å². The lowest BCUT2D eigenvalue weighted by molar-refractivity contribution is 0.132. The number of piperidine rings is 1. The van der Waals surface area contributed by atoms with E-state index in [0.29, 0.717) is 11.7 Å². The summed E-state index contributed by atoms with van der Waals surface area (Å²) < 4.78 is 5.90. The van der Waals surface area contributed by atoms with Gasteiger partial charge in [0.1, 0.15) is 35.6 Å². The maximum atomic E-state index is 11.2. The number of benzene rings is 2. The molecule has 0 spiro atoms. The van der Waals surface area contributed by atoms with E-state index in [2.05, 4.69) is 32.3 Å². The van der Waals surface area contributed by atoms with Crippen molar-refractivity contribution in [2.45, 2.75) is 38.8 Å². The molecule has 1 atom stereocenters. The van der Waals surface area contributed by atoms with Gasteiger partial charge in [-0.1, -0.05) is 48.9 Å². The Balaban J connectivity index is 1.39. The van der Waals surface area contributed by atoms with Crippen molar-refractivity contribution in [2.24, 2.45) is 11.1 Å². The van der Waals surface area contributed by atoms with Crippen molar-refractivity contribution < 1.29 is 4.74 Å². The zero-order valence-corrected chi connectivity index (χ0v) is 19.6. The Bertz CT molecular complexity index is 1050. The topological polar surface area (TPSA) is 106 Å². The number of ether oxygens (including phenoxy) is 1. The monoisotopic (exact) mass is 460 g/mol. The molecule has 4 rings (SSSR count). The van der Waals surface area contributed by atoms with Gasteiger partial charge in [0.05, 0.1) is 5.56 Å². The highest BCUT2D eigenvalue weighted by atomic mass is 16.5. The Hall–Kier alpha value is -3.52. The molecule has 1 aliphatic rings. The van der Waals surface area contributed by atoms with E-state index in [1.54, 1.807) is 0 Å². The molecule has 1 aromatic heterocycles. The lowest BCUT2D eigenvalue weighted by Gasteiger charge is -2.34. The Labute approximate surface area is 200 Å². The Kier molecular flexibility index (Phi) is 8.04. The molecule has 8 nitrogen and oxygen atoms in total. The SMILES string of the molecule is CCCC(N=O)N1CCC(CNc2ncnc(N)c2-c2ccc(Oc3ccccc3)cc2)CC1. The van der Waals surface area contributed by atoms with Crippen LogP contribution < -0.4 is 15.8 Å². The predicted octanol–water partition coefficient (Wildman–Crippen LogP) is 5.53. The summed E-state index contributed by atoms with van der Waals surface area (Å²) >= 11 is 0. The number of nitroso groups, excluding NO2 is 1. The van der Waals surface area contributed by atoms with Crippen LogP contribution in [0.3, 0.4) is 0 Å². The second-order valence-corrected chi connectivity index (χ2v) is 8.66. The first-order chi connectivity index (χ1) is 16.7. The minimum Gasteiger partial charge on any atom is -0.457 e. The Morgan fingerprint density at radius 2 is 1.79 bits per heavy atom. The predicted molar refractivity (Wildman–Crippen MR) is 136 cm³/mol. The van der Waals surface area contributed by atoms with Crippen molar-refractivity contribution in [3.63, 3.8) is 0 Å². The van der Waals surface area contributed by atoms with Crippen LogP contribution >= 0.6 is 0 Å². The van der Waals surface area contributed by atoms with E-state index in [-0.39, 0.29) is 6.17 Å². The Morgan fingerprint density at radius 3 is 2.47 bits per heavy atom. The highest BCUT2D eigenvalue weighted by molar-refractivity contribution is 5.83. The molecule has 3 aromatic rings. The molecule has 1 aliphatic heterocycles. The van der Waals surface area contributed by atoms with Crippen molar-refractivity contribution in [2.75, 3.05) is 30.7 Å². The molecule has 0 saturated carbocycles. The average Bonchev–Trinajstić information content (AvgIpc) is 2.88. The fourth-order valence-electron chi connectivity index (χ4n) is 4.39. The summed E-state index contributed by atoms with van der Waals surface area (Å²) in [6, 6.07) is 17.5. The number of nitrogens with one attached hydrogen (secondary N) is 1. The van der Waals surface area contributed by atoms with E-state index in [1.165, 1.54) is 6.33 Å². The van der Waals surface area contributed by atoms with Crippen LogP contribution in [0.4, 0.5) is 11.6 Å². The summed E-state index contributed by atoms with van der Waals surface area (Å²) in [6.45, 7) is 4.66. The van der Waals surface area contributed by atoms with Gasteiger partial charge < -0.3 is 15.8 Å². The molecule has 2 heterocycles. The van der Waals surface area contributed by atoms with Crippen LogP contribution in [0.25, 0.3) is 11.1 Å². The average molecular weight is 461 g/mol. The third-order valence-electron chi connectivity index (χ3n) is 6.30. The summed E-state index contributed by atoms with van der Waals surface area (Å²) in [4.78, 5) is 22.1. The molecule has 0 amide bonds. The van der Waals surface area contributed by atoms with Crippen LogP contribution in [0.2, 0.25) is 0 Å². The standard InChI is InChI=1S/C26H32N6O2/c1-2-6-23(31-33)32-15-13-19(14-16-32)17-28-26-24(25(27)29-18-30-26)20-9-11-22(12-10-20)34-21-7-4-3-5-8-21/h3-5,7-12,18-19,23H,2,6,13-17H2,1H3,(H3,27,28,29,30). The van der Waals surface area contributed by atoms with Gasteiger partial charge in [-0.3, -0.25) is 4.90 Å². The number of likely N-dealkylation sites (tertiary alicyclic amines) is 1. The number of aromatic nitrogens is 2. The van der Waals surface area contributed by atoms with Crippen molar-refractivity contribution in [1.29, 1.82) is 0 Å². The number of para-hydroxylation sites is 1. The number of nitrogen functional groups attached to an aromatic ring is 1. The highest BCUT2D eigenvalue weighted by Gasteiger charge is 2.25. The first-order valence-corrected chi connectivity index (χ1v) is 11.9. The smallest absolute Gasteiger partial charge is 0.144 e. The summed E-state index contributed by atoms with van der Waals surface area (Å²) in [5.41, 5.74) is 7.97. The largest absolute Gasteiger partial charge is 0.457 e. The number of anilines is 2. The van der Waals surface area contributed by atoms with Gasteiger partial charge in [-0.25, -0.2) is 9.97 Å². The number of hydrogen-bond donors (Lipinski definition) is 2. The zero-order valence-electron chi connectivity index (χ0n) is 19.6. The quantitative estimate of drug-likeness (QED) is 0.383.